The summed E-state index contributed by atoms with van der Waals surface area (Å²) in [5.41, 5.74) is 2.91. The van der Waals surface area contributed by atoms with E-state index >= 15 is 0 Å². The van der Waals surface area contributed by atoms with Gasteiger partial charge in [-0.2, -0.15) is 0 Å². The predicted molar refractivity (Wildman–Crippen MR) is 95.9 cm³/mol. The van der Waals surface area contributed by atoms with E-state index in [-0.39, 0.29) is 12.1 Å². The number of aryl methyl sites for hydroxylation is 1. The predicted octanol–water partition coefficient (Wildman–Crippen LogP) is 3.73. The van der Waals surface area contributed by atoms with Gasteiger partial charge in [-0.05, 0) is 36.8 Å². The van der Waals surface area contributed by atoms with Crippen molar-refractivity contribution in [3.8, 4) is 5.75 Å². The number of benzene rings is 2. The van der Waals surface area contributed by atoms with Gasteiger partial charge in [-0.1, -0.05) is 18.2 Å². The van der Waals surface area contributed by atoms with Gasteiger partial charge in [0.05, 0.1) is 21.8 Å². The second-order valence-corrected chi connectivity index (χ2v) is 7.04. The fourth-order valence-corrected chi connectivity index (χ4v) is 3.73. The SMILES string of the molecule is Cc1nc2ccc(NC(=O)NC[C@@H]3Cc4ccccc4O3)cc2s1. The first-order valence-electron chi connectivity index (χ1n) is 7.84. The van der Waals surface area contributed by atoms with E-state index in [0.717, 1.165) is 33.1 Å². The highest BCUT2D eigenvalue weighted by atomic mass is 32.1. The lowest BCUT2D eigenvalue weighted by Gasteiger charge is -2.12. The van der Waals surface area contributed by atoms with Crippen LogP contribution < -0.4 is 15.4 Å². The van der Waals surface area contributed by atoms with Crippen molar-refractivity contribution >= 4 is 33.3 Å². The van der Waals surface area contributed by atoms with Crippen LogP contribution in [0.15, 0.2) is 42.5 Å². The number of carbonyl (C=O) groups is 1. The summed E-state index contributed by atoms with van der Waals surface area (Å²) in [6.45, 7) is 2.45. The summed E-state index contributed by atoms with van der Waals surface area (Å²) < 4.78 is 6.89. The zero-order valence-electron chi connectivity index (χ0n) is 13.2. The highest BCUT2D eigenvalue weighted by Gasteiger charge is 2.22. The third kappa shape index (κ3) is 3.05. The van der Waals surface area contributed by atoms with Crippen molar-refractivity contribution in [3.05, 3.63) is 53.0 Å². The second-order valence-electron chi connectivity index (χ2n) is 5.80. The number of nitrogens with one attached hydrogen (secondary N) is 2. The lowest BCUT2D eigenvalue weighted by Crippen LogP contribution is -2.37. The van der Waals surface area contributed by atoms with Crippen LogP contribution in [-0.2, 0) is 6.42 Å². The number of urea groups is 1. The van der Waals surface area contributed by atoms with Crippen LogP contribution in [0.3, 0.4) is 0 Å². The second kappa shape index (κ2) is 6.13. The van der Waals surface area contributed by atoms with E-state index in [4.69, 9.17) is 4.74 Å². The van der Waals surface area contributed by atoms with Gasteiger partial charge in [-0.15, -0.1) is 11.3 Å². The molecule has 2 amide bonds. The molecule has 6 heteroatoms. The van der Waals surface area contributed by atoms with E-state index in [2.05, 4.69) is 21.7 Å². The Morgan fingerprint density at radius 2 is 2.21 bits per heavy atom. The van der Waals surface area contributed by atoms with Crippen LogP contribution >= 0.6 is 11.3 Å². The number of amides is 2. The number of carbonyl (C=O) groups excluding carboxylic acids is 1. The third-order valence-corrected chi connectivity index (χ3v) is 4.89. The first-order valence-corrected chi connectivity index (χ1v) is 8.65. The molecule has 3 aromatic rings. The van der Waals surface area contributed by atoms with E-state index < -0.39 is 0 Å². The van der Waals surface area contributed by atoms with Crippen LogP contribution in [0, 0.1) is 6.92 Å². The van der Waals surface area contributed by atoms with E-state index in [9.17, 15) is 4.79 Å². The van der Waals surface area contributed by atoms with Gasteiger partial charge in [0.2, 0.25) is 0 Å². The number of aromatic nitrogens is 1. The number of rotatable bonds is 3. The third-order valence-electron chi connectivity index (χ3n) is 3.96. The number of anilines is 1. The Balaban J connectivity index is 1.33. The van der Waals surface area contributed by atoms with Gasteiger partial charge in [0, 0.05) is 12.1 Å². The number of hydrogen-bond acceptors (Lipinski definition) is 4. The van der Waals surface area contributed by atoms with Crippen molar-refractivity contribution in [2.75, 3.05) is 11.9 Å². The zero-order valence-corrected chi connectivity index (χ0v) is 14.0. The maximum atomic E-state index is 12.1. The molecule has 5 nitrogen and oxygen atoms in total. The highest BCUT2D eigenvalue weighted by molar-refractivity contribution is 7.18. The molecule has 0 aliphatic carbocycles. The number of ether oxygens (including phenoxy) is 1. The molecule has 122 valence electrons. The molecular formula is C18H17N3O2S. The molecular weight excluding hydrogens is 322 g/mol. The van der Waals surface area contributed by atoms with Crippen molar-refractivity contribution in [3.63, 3.8) is 0 Å². The summed E-state index contributed by atoms with van der Waals surface area (Å²) in [6.07, 6.45) is 0.808. The summed E-state index contributed by atoms with van der Waals surface area (Å²) in [7, 11) is 0. The molecule has 0 saturated carbocycles. The van der Waals surface area contributed by atoms with Crippen molar-refractivity contribution in [2.45, 2.75) is 19.4 Å². The minimum Gasteiger partial charge on any atom is -0.488 e. The maximum absolute atomic E-state index is 12.1. The molecule has 0 radical (unpaired) electrons. The highest BCUT2D eigenvalue weighted by Crippen LogP contribution is 2.28. The maximum Gasteiger partial charge on any atom is 0.319 e. The van der Waals surface area contributed by atoms with E-state index in [1.807, 2.05) is 43.3 Å². The van der Waals surface area contributed by atoms with Crippen molar-refractivity contribution in [2.24, 2.45) is 0 Å². The summed E-state index contributed by atoms with van der Waals surface area (Å²) in [4.78, 5) is 16.5. The molecule has 0 spiro atoms. The van der Waals surface area contributed by atoms with E-state index in [1.165, 1.54) is 5.56 Å². The molecule has 1 atom stereocenters. The standard InChI is InChI=1S/C18H17N3O2S/c1-11-20-15-7-6-13(9-17(15)24-11)21-18(22)19-10-14-8-12-4-2-3-5-16(12)23-14/h2-7,9,14H,8,10H2,1H3,(H2,19,21,22)/t14-/m0/s1. The lowest BCUT2D eigenvalue weighted by molar-refractivity contribution is 0.219. The Hall–Kier alpha value is -2.60. The summed E-state index contributed by atoms with van der Waals surface area (Å²) in [6, 6.07) is 13.5. The Labute approximate surface area is 143 Å². The minimum atomic E-state index is -0.227. The first-order chi connectivity index (χ1) is 11.7. The molecule has 2 aromatic carbocycles. The van der Waals surface area contributed by atoms with Gasteiger partial charge < -0.3 is 15.4 Å². The van der Waals surface area contributed by atoms with Crippen molar-refractivity contribution in [1.29, 1.82) is 0 Å². The molecule has 2 N–H and O–H groups in total. The van der Waals surface area contributed by atoms with Crippen molar-refractivity contribution in [1.82, 2.24) is 10.3 Å². The number of fused-ring (bicyclic) bond motifs is 2. The Morgan fingerprint density at radius 1 is 1.33 bits per heavy atom. The summed E-state index contributed by atoms with van der Waals surface area (Å²) in [5, 5.41) is 6.75. The molecule has 1 aliphatic rings. The summed E-state index contributed by atoms with van der Waals surface area (Å²) >= 11 is 1.62. The van der Waals surface area contributed by atoms with Gasteiger partial charge in [0.15, 0.2) is 0 Å². The Bertz CT molecular complexity index is 881. The topological polar surface area (TPSA) is 63.2 Å². The molecule has 1 aliphatic heterocycles. The molecule has 0 saturated heterocycles. The van der Waals surface area contributed by atoms with Crippen LogP contribution in [-0.4, -0.2) is 23.7 Å². The van der Waals surface area contributed by atoms with Gasteiger partial charge in [-0.25, -0.2) is 9.78 Å². The van der Waals surface area contributed by atoms with Crippen LogP contribution in [0.25, 0.3) is 10.2 Å². The van der Waals surface area contributed by atoms with Gasteiger partial charge in [0.1, 0.15) is 11.9 Å². The fourth-order valence-electron chi connectivity index (χ4n) is 2.87. The molecule has 0 bridgehead atoms. The monoisotopic (exact) mass is 339 g/mol. The molecule has 0 unspecified atom stereocenters. The molecule has 1 aromatic heterocycles. The van der Waals surface area contributed by atoms with Gasteiger partial charge >= 0.3 is 6.03 Å². The first kappa shape index (κ1) is 15.0. The van der Waals surface area contributed by atoms with Gasteiger partial charge in [-0.3, -0.25) is 0 Å². The van der Waals surface area contributed by atoms with Crippen molar-refractivity contribution < 1.29 is 9.53 Å². The minimum absolute atomic E-state index is 0.0141. The van der Waals surface area contributed by atoms with Gasteiger partial charge in [0.25, 0.3) is 0 Å². The van der Waals surface area contributed by atoms with E-state index in [1.54, 1.807) is 11.3 Å². The Morgan fingerprint density at radius 3 is 3.08 bits per heavy atom. The number of hydrogen-bond donors (Lipinski definition) is 2. The van der Waals surface area contributed by atoms with Crippen LogP contribution in [0.1, 0.15) is 10.6 Å². The molecule has 0 fully saturated rings. The zero-order chi connectivity index (χ0) is 16.5. The average molecular weight is 339 g/mol. The quantitative estimate of drug-likeness (QED) is 0.764. The summed E-state index contributed by atoms with van der Waals surface area (Å²) in [5.74, 6) is 0.913. The lowest BCUT2D eigenvalue weighted by atomic mass is 10.1. The number of nitrogens with zero attached hydrogens (tertiary/aromatic N) is 1. The van der Waals surface area contributed by atoms with Crippen LogP contribution in [0.2, 0.25) is 0 Å². The van der Waals surface area contributed by atoms with Crippen LogP contribution in [0.5, 0.6) is 5.75 Å². The number of para-hydroxylation sites is 1. The number of thiazole rings is 1. The molecule has 4 rings (SSSR count). The largest absolute Gasteiger partial charge is 0.488 e. The normalized spacial score (nSPS) is 15.8. The van der Waals surface area contributed by atoms with Crippen LogP contribution in [0.4, 0.5) is 10.5 Å². The molecule has 2 heterocycles. The fraction of sp³-hybridized carbons (Fsp3) is 0.222. The molecule has 24 heavy (non-hydrogen) atoms. The Kier molecular flexibility index (Phi) is 3.82. The average Bonchev–Trinajstić information content (AvgIpc) is 3.14. The smallest absolute Gasteiger partial charge is 0.319 e. The van der Waals surface area contributed by atoms with E-state index in [0.29, 0.717) is 6.54 Å².